The normalized spacial score (nSPS) is 11.3. The second-order valence-electron chi connectivity index (χ2n) is 2.46. The molecule has 0 saturated carbocycles. The van der Waals surface area contributed by atoms with E-state index >= 15 is 0 Å². The van der Waals surface area contributed by atoms with Crippen LogP contribution in [0.25, 0.3) is 0 Å². The lowest BCUT2D eigenvalue weighted by atomic mass is 10.2. The Hall–Kier alpha value is -1.78. The van der Waals surface area contributed by atoms with Crippen LogP contribution in [0.5, 0.6) is 5.75 Å². The molecule has 0 aliphatic rings. The van der Waals surface area contributed by atoms with E-state index < -0.39 is 0 Å². The summed E-state index contributed by atoms with van der Waals surface area (Å²) in [5.41, 5.74) is 6.04. The van der Waals surface area contributed by atoms with Crippen molar-refractivity contribution in [3.8, 4) is 5.75 Å². The molecule has 0 radical (unpaired) electrons. The zero-order valence-electron chi connectivity index (χ0n) is 7.27. The van der Waals surface area contributed by atoms with E-state index in [1.54, 1.807) is 25.4 Å². The summed E-state index contributed by atoms with van der Waals surface area (Å²) in [6, 6.07) is 3.53. The highest BCUT2D eigenvalue weighted by Crippen LogP contribution is 2.07. The number of oxime groups is 1. The highest BCUT2D eigenvalue weighted by Gasteiger charge is 1.98. The number of pyridine rings is 1. The van der Waals surface area contributed by atoms with E-state index in [0.29, 0.717) is 12.2 Å². The molecule has 0 aliphatic carbocycles. The Bertz CT molecular complexity index is 295. The van der Waals surface area contributed by atoms with Crippen LogP contribution in [0.2, 0.25) is 0 Å². The van der Waals surface area contributed by atoms with Gasteiger partial charge in [0.15, 0.2) is 0 Å². The number of nitrogens with zero attached hydrogens (tertiary/aromatic N) is 2. The molecule has 0 unspecified atom stereocenters. The number of amidine groups is 1. The molecule has 1 aromatic rings. The van der Waals surface area contributed by atoms with Crippen molar-refractivity contribution < 1.29 is 9.94 Å². The molecular formula is C8H11N3O2. The van der Waals surface area contributed by atoms with E-state index in [4.69, 9.17) is 15.7 Å². The Kier molecular flexibility index (Phi) is 3.08. The summed E-state index contributed by atoms with van der Waals surface area (Å²) >= 11 is 0. The maximum absolute atomic E-state index is 8.31. The summed E-state index contributed by atoms with van der Waals surface area (Å²) in [6.45, 7) is 0. The van der Waals surface area contributed by atoms with Gasteiger partial charge in [-0.1, -0.05) is 5.16 Å². The molecule has 5 heteroatoms. The van der Waals surface area contributed by atoms with Crippen LogP contribution in [0.3, 0.4) is 0 Å². The fourth-order valence-electron chi connectivity index (χ4n) is 0.857. The monoisotopic (exact) mass is 181 g/mol. The van der Waals surface area contributed by atoms with E-state index in [2.05, 4.69) is 10.1 Å². The van der Waals surface area contributed by atoms with Crippen molar-refractivity contribution in [3.63, 3.8) is 0 Å². The number of hydrogen-bond acceptors (Lipinski definition) is 4. The Labute approximate surface area is 75.8 Å². The van der Waals surface area contributed by atoms with Crippen molar-refractivity contribution in [2.24, 2.45) is 10.9 Å². The molecule has 0 bridgehead atoms. The van der Waals surface area contributed by atoms with Crippen LogP contribution < -0.4 is 10.5 Å². The maximum atomic E-state index is 8.31. The summed E-state index contributed by atoms with van der Waals surface area (Å²) < 4.78 is 4.93. The number of hydrogen-bond donors (Lipinski definition) is 2. The van der Waals surface area contributed by atoms with Crippen LogP contribution in [0.15, 0.2) is 23.5 Å². The fourth-order valence-corrected chi connectivity index (χ4v) is 0.857. The molecule has 0 aliphatic heterocycles. The van der Waals surface area contributed by atoms with Crippen LogP contribution >= 0.6 is 0 Å². The highest BCUT2D eigenvalue weighted by atomic mass is 16.5. The molecular weight excluding hydrogens is 170 g/mol. The Morgan fingerprint density at radius 2 is 2.46 bits per heavy atom. The SMILES string of the molecule is COc1ccc(C/C(N)=N/O)nc1. The quantitative estimate of drug-likeness (QED) is 0.306. The first kappa shape index (κ1) is 9.31. The van der Waals surface area contributed by atoms with E-state index in [9.17, 15) is 0 Å². The molecule has 0 fully saturated rings. The number of aromatic nitrogens is 1. The average molecular weight is 181 g/mol. The molecule has 70 valence electrons. The first-order valence-electron chi connectivity index (χ1n) is 3.71. The Morgan fingerprint density at radius 1 is 1.69 bits per heavy atom. The zero-order valence-corrected chi connectivity index (χ0v) is 7.27. The van der Waals surface area contributed by atoms with Gasteiger partial charge in [-0.15, -0.1) is 0 Å². The van der Waals surface area contributed by atoms with Gasteiger partial charge < -0.3 is 15.7 Å². The molecule has 1 heterocycles. The van der Waals surface area contributed by atoms with Gasteiger partial charge in [-0.25, -0.2) is 0 Å². The third-order valence-corrected chi connectivity index (χ3v) is 1.52. The summed E-state index contributed by atoms with van der Waals surface area (Å²) in [4.78, 5) is 4.04. The molecule has 1 rings (SSSR count). The standard InChI is InChI=1S/C8H11N3O2/c1-13-7-3-2-6(10-5-7)4-8(9)11-12/h2-3,5,12H,4H2,1H3,(H2,9,11). The van der Waals surface area contributed by atoms with Gasteiger partial charge in [0.25, 0.3) is 0 Å². The van der Waals surface area contributed by atoms with Crippen LogP contribution in [-0.2, 0) is 6.42 Å². The maximum Gasteiger partial charge on any atom is 0.145 e. The van der Waals surface area contributed by atoms with Crippen LogP contribution in [0.1, 0.15) is 5.69 Å². The van der Waals surface area contributed by atoms with Crippen molar-refractivity contribution in [3.05, 3.63) is 24.0 Å². The lowest BCUT2D eigenvalue weighted by Crippen LogP contribution is -2.15. The molecule has 0 amide bonds. The topological polar surface area (TPSA) is 80.7 Å². The minimum Gasteiger partial charge on any atom is -0.495 e. The Morgan fingerprint density at radius 3 is 2.92 bits per heavy atom. The summed E-state index contributed by atoms with van der Waals surface area (Å²) in [6.07, 6.45) is 1.92. The smallest absolute Gasteiger partial charge is 0.145 e. The molecule has 5 nitrogen and oxygen atoms in total. The van der Waals surface area contributed by atoms with E-state index in [1.807, 2.05) is 0 Å². The molecule has 1 aromatic heterocycles. The largest absolute Gasteiger partial charge is 0.495 e. The van der Waals surface area contributed by atoms with Crippen molar-refractivity contribution in [2.45, 2.75) is 6.42 Å². The number of methoxy groups -OCH3 is 1. The lowest BCUT2D eigenvalue weighted by Gasteiger charge is -2.00. The molecule has 0 spiro atoms. The highest BCUT2D eigenvalue weighted by molar-refractivity contribution is 5.81. The van der Waals surface area contributed by atoms with Crippen molar-refractivity contribution in [2.75, 3.05) is 7.11 Å². The van der Waals surface area contributed by atoms with E-state index in [1.165, 1.54) is 0 Å². The van der Waals surface area contributed by atoms with Crippen molar-refractivity contribution in [1.82, 2.24) is 4.98 Å². The van der Waals surface area contributed by atoms with Gasteiger partial charge in [0.1, 0.15) is 11.6 Å². The molecule has 13 heavy (non-hydrogen) atoms. The van der Waals surface area contributed by atoms with Gasteiger partial charge in [-0.3, -0.25) is 4.98 Å². The second-order valence-corrected chi connectivity index (χ2v) is 2.46. The number of rotatable bonds is 3. The van der Waals surface area contributed by atoms with Crippen molar-refractivity contribution >= 4 is 5.84 Å². The van der Waals surface area contributed by atoms with Gasteiger partial charge in [0.2, 0.25) is 0 Å². The lowest BCUT2D eigenvalue weighted by molar-refractivity contribution is 0.317. The fraction of sp³-hybridized carbons (Fsp3) is 0.250. The van der Waals surface area contributed by atoms with Gasteiger partial charge in [-0.2, -0.15) is 0 Å². The molecule has 0 saturated heterocycles. The van der Waals surface area contributed by atoms with Crippen LogP contribution in [0, 0.1) is 0 Å². The second kappa shape index (κ2) is 4.30. The summed E-state index contributed by atoms with van der Waals surface area (Å²) in [7, 11) is 1.57. The summed E-state index contributed by atoms with van der Waals surface area (Å²) in [5, 5.41) is 11.2. The number of ether oxygens (including phenoxy) is 1. The third-order valence-electron chi connectivity index (χ3n) is 1.52. The molecule has 0 aromatic carbocycles. The minimum atomic E-state index is 0.137. The minimum absolute atomic E-state index is 0.137. The van der Waals surface area contributed by atoms with E-state index in [0.717, 1.165) is 5.69 Å². The van der Waals surface area contributed by atoms with E-state index in [-0.39, 0.29) is 5.84 Å². The summed E-state index contributed by atoms with van der Waals surface area (Å²) in [5.74, 6) is 0.820. The Balaban J connectivity index is 2.69. The van der Waals surface area contributed by atoms with Crippen LogP contribution in [-0.4, -0.2) is 23.1 Å². The van der Waals surface area contributed by atoms with Gasteiger partial charge in [0.05, 0.1) is 19.7 Å². The van der Waals surface area contributed by atoms with Gasteiger partial charge in [-0.05, 0) is 12.1 Å². The first-order chi connectivity index (χ1) is 6.26. The molecule has 3 N–H and O–H groups in total. The first-order valence-corrected chi connectivity index (χ1v) is 3.71. The van der Waals surface area contributed by atoms with Gasteiger partial charge in [0, 0.05) is 5.69 Å². The predicted octanol–water partition coefficient (Wildman–Crippen LogP) is 0.379. The predicted molar refractivity (Wildman–Crippen MR) is 47.9 cm³/mol. The third kappa shape index (κ3) is 2.62. The average Bonchev–Trinajstić information content (AvgIpc) is 2.19. The number of nitrogens with two attached hydrogens (primary N) is 1. The van der Waals surface area contributed by atoms with Gasteiger partial charge >= 0.3 is 0 Å². The van der Waals surface area contributed by atoms with Crippen LogP contribution in [0.4, 0.5) is 0 Å². The zero-order chi connectivity index (χ0) is 9.68. The molecule has 0 atom stereocenters. The van der Waals surface area contributed by atoms with Crippen molar-refractivity contribution in [1.29, 1.82) is 0 Å².